The van der Waals surface area contributed by atoms with Gasteiger partial charge >= 0.3 is 0 Å². The highest BCUT2D eigenvalue weighted by Crippen LogP contribution is 2.43. The monoisotopic (exact) mass is 686 g/mol. The van der Waals surface area contributed by atoms with E-state index in [4.69, 9.17) is 0 Å². The fourth-order valence-electron chi connectivity index (χ4n) is 8.83. The van der Waals surface area contributed by atoms with E-state index in [9.17, 15) is 0 Å². The fraction of sp³-hybridized carbons (Fsp3) is 0.176. The Balaban J connectivity index is 1.08. The van der Waals surface area contributed by atoms with Crippen molar-refractivity contribution >= 4 is 44.6 Å². The zero-order chi connectivity index (χ0) is 35.9. The van der Waals surface area contributed by atoms with Crippen molar-refractivity contribution < 1.29 is 0 Å². The van der Waals surface area contributed by atoms with E-state index in [-0.39, 0.29) is 0 Å². The minimum atomic E-state index is 0.388. The third-order valence-corrected chi connectivity index (χ3v) is 11.5. The average Bonchev–Trinajstić information content (AvgIpc) is 3.53. The average molecular weight is 687 g/mol. The molecule has 2 heteroatoms. The number of anilines is 3. The van der Waals surface area contributed by atoms with Gasteiger partial charge in [-0.15, -0.1) is 0 Å². The highest BCUT2D eigenvalue weighted by Gasteiger charge is 2.30. The van der Waals surface area contributed by atoms with Crippen molar-refractivity contribution in [3.63, 3.8) is 0 Å². The number of allylic oxidation sites excluding steroid dienone is 12. The minimum absolute atomic E-state index is 0.388. The van der Waals surface area contributed by atoms with Crippen LogP contribution in [0.4, 0.5) is 17.1 Å². The quantitative estimate of drug-likeness (QED) is 0.162. The molecule has 0 spiro atoms. The van der Waals surface area contributed by atoms with Gasteiger partial charge in [0.15, 0.2) is 0 Å². The van der Waals surface area contributed by atoms with Crippen molar-refractivity contribution in [1.82, 2.24) is 4.57 Å². The predicted octanol–water partition coefficient (Wildman–Crippen LogP) is 13.9. The number of para-hydroxylation sites is 2. The molecule has 1 aromatic heterocycles. The first-order valence-electron chi connectivity index (χ1n) is 19.2. The van der Waals surface area contributed by atoms with Crippen LogP contribution in [0.5, 0.6) is 0 Å². The molecule has 0 fully saturated rings. The lowest BCUT2D eigenvalue weighted by molar-refractivity contribution is 0.330. The van der Waals surface area contributed by atoms with E-state index < -0.39 is 0 Å². The number of nitrogens with zero attached hydrogens (tertiary/aromatic N) is 2. The molecule has 6 aromatic rings. The normalized spacial score (nSPS) is 22.5. The Morgan fingerprint density at radius 3 is 1.85 bits per heavy atom. The number of hydrogen-bond donors (Lipinski definition) is 0. The van der Waals surface area contributed by atoms with E-state index in [1.54, 1.807) is 0 Å². The Hall–Kier alpha value is -5.86. The SMILES string of the molecule is CC1C=C(C2=CC(C)C(C3C=CC(n4c5ccccc5c5ccc(N(c6ccccc6)c6ccc(-c7ccccc7)cc6)cc54)=CC3C)C=C2)C=CC1. The largest absolute Gasteiger partial charge is 0.310 e. The molecule has 0 aliphatic heterocycles. The number of rotatable bonds is 7. The van der Waals surface area contributed by atoms with E-state index in [1.165, 1.54) is 49.8 Å². The highest BCUT2D eigenvalue weighted by atomic mass is 15.1. The van der Waals surface area contributed by atoms with Crippen molar-refractivity contribution in [1.29, 1.82) is 0 Å². The summed E-state index contributed by atoms with van der Waals surface area (Å²) in [6.07, 6.45) is 22.9. The van der Waals surface area contributed by atoms with Gasteiger partial charge in [-0.25, -0.2) is 0 Å². The van der Waals surface area contributed by atoms with Gasteiger partial charge in [-0.3, -0.25) is 0 Å². The smallest absolute Gasteiger partial charge is 0.0561 e. The summed E-state index contributed by atoms with van der Waals surface area (Å²) in [4.78, 5) is 2.37. The molecule has 0 saturated heterocycles. The lowest BCUT2D eigenvalue weighted by Gasteiger charge is -2.34. The van der Waals surface area contributed by atoms with Gasteiger partial charge in [0, 0.05) is 33.5 Å². The molecule has 9 rings (SSSR count). The zero-order valence-corrected chi connectivity index (χ0v) is 30.8. The summed E-state index contributed by atoms with van der Waals surface area (Å²) in [6.45, 7) is 7.10. The van der Waals surface area contributed by atoms with Crippen molar-refractivity contribution in [3.05, 3.63) is 193 Å². The van der Waals surface area contributed by atoms with Crippen molar-refractivity contribution in [3.8, 4) is 11.1 Å². The van der Waals surface area contributed by atoms with E-state index in [0.717, 1.165) is 23.5 Å². The predicted molar refractivity (Wildman–Crippen MR) is 227 cm³/mol. The zero-order valence-electron chi connectivity index (χ0n) is 30.8. The van der Waals surface area contributed by atoms with Crippen LogP contribution in [0, 0.1) is 29.6 Å². The molecule has 2 nitrogen and oxygen atoms in total. The summed E-state index contributed by atoms with van der Waals surface area (Å²) in [5.74, 6) is 2.36. The van der Waals surface area contributed by atoms with Gasteiger partial charge in [-0.1, -0.05) is 154 Å². The van der Waals surface area contributed by atoms with Crippen molar-refractivity contribution in [2.75, 3.05) is 4.90 Å². The van der Waals surface area contributed by atoms with Gasteiger partial charge in [0.2, 0.25) is 0 Å². The summed E-state index contributed by atoms with van der Waals surface area (Å²) >= 11 is 0. The van der Waals surface area contributed by atoms with Gasteiger partial charge in [0.1, 0.15) is 0 Å². The maximum atomic E-state index is 2.51. The van der Waals surface area contributed by atoms with Gasteiger partial charge in [0.05, 0.1) is 11.0 Å². The van der Waals surface area contributed by atoms with Gasteiger partial charge < -0.3 is 9.47 Å². The maximum absolute atomic E-state index is 2.51. The third kappa shape index (κ3) is 6.23. The fourth-order valence-corrected chi connectivity index (χ4v) is 8.83. The number of hydrogen-bond acceptors (Lipinski definition) is 1. The van der Waals surface area contributed by atoms with Crippen LogP contribution < -0.4 is 4.90 Å². The molecule has 5 unspecified atom stereocenters. The molecule has 3 aliphatic carbocycles. The molecule has 1 heterocycles. The van der Waals surface area contributed by atoms with Gasteiger partial charge in [-0.2, -0.15) is 0 Å². The van der Waals surface area contributed by atoms with Crippen LogP contribution >= 0.6 is 0 Å². The summed E-state index contributed by atoms with van der Waals surface area (Å²) in [5, 5.41) is 2.54. The van der Waals surface area contributed by atoms with Crippen LogP contribution in [0.15, 0.2) is 193 Å². The molecule has 0 amide bonds. The second-order valence-corrected chi connectivity index (χ2v) is 15.2. The van der Waals surface area contributed by atoms with Crippen LogP contribution in [-0.4, -0.2) is 4.57 Å². The Kier molecular flexibility index (Phi) is 8.68. The summed E-state index contributed by atoms with van der Waals surface area (Å²) < 4.78 is 2.49. The molecule has 0 radical (unpaired) electrons. The molecule has 5 aromatic carbocycles. The van der Waals surface area contributed by atoms with Crippen LogP contribution in [0.1, 0.15) is 27.2 Å². The van der Waals surface area contributed by atoms with Crippen molar-refractivity contribution in [2.45, 2.75) is 27.2 Å². The van der Waals surface area contributed by atoms with Gasteiger partial charge in [0.25, 0.3) is 0 Å². The molecule has 5 atom stereocenters. The Labute approximate surface area is 314 Å². The van der Waals surface area contributed by atoms with Crippen LogP contribution in [0.3, 0.4) is 0 Å². The molecule has 0 saturated carbocycles. The molecule has 0 bridgehead atoms. The first-order valence-corrected chi connectivity index (χ1v) is 19.2. The number of aromatic nitrogens is 1. The lowest BCUT2D eigenvalue weighted by atomic mass is 9.71. The molecule has 53 heavy (non-hydrogen) atoms. The van der Waals surface area contributed by atoms with E-state index in [2.05, 4.69) is 212 Å². The lowest BCUT2D eigenvalue weighted by Crippen LogP contribution is -2.26. The maximum Gasteiger partial charge on any atom is 0.0561 e. The second-order valence-electron chi connectivity index (χ2n) is 15.2. The molecular weight excluding hydrogens is 641 g/mol. The minimum Gasteiger partial charge on any atom is -0.310 e. The summed E-state index contributed by atoms with van der Waals surface area (Å²) in [6, 6.07) is 46.1. The number of fused-ring (bicyclic) bond motifs is 3. The number of benzene rings is 5. The second kappa shape index (κ2) is 13.9. The van der Waals surface area contributed by atoms with Gasteiger partial charge in [-0.05, 0) is 107 Å². The van der Waals surface area contributed by atoms with Crippen LogP contribution in [0.25, 0.3) is 38.6 Å². The molecule has 3 aliphatic rings. The van der Waals surface area contributed by atoms with Crippen LogP contribution in [-0.2, 0) is 0 Å². The van der Waals surface area contributed by atoms with E-state index in [0.29, 0.717) is 29.6 Å². The highest BCUT2D eigenvalue weighted by molar-refractivity contribution is 6.11. The summed E-state index contributed by atoms with van der Waals surface area (Å²) in [5.41, 5.74) is 12.3. The third-order valence-electron chi connectivity index (χ3n) is 11.5. The Morgan fingerprint density at radius 2 is 1.11 bits per heavy atom. The van der Waals surface area contributed by atoms with E-state index in [1.807, 2.05) is 0 Å². The summed E-state index contributed by atoms with van der Waals surface area (Å²) in [7, 11) is 0. The Bertz CT molecular complexity index is 2470. The topological polar surface area (TPSA) is 8.17 Å². The standard InChI is InChI=1S/C51H46N2/c1-35-13-12-16-40(31-35)41-23-28-46(36(2)32-41)47-29-26-44(33-37(47)3)53-50-20-11-10-19-48(50)49-30-27-45(34-51(49)53)52(42-17-8-5-9-18-42)43-24-21-39(22-25-43)38-14-6-4-7-15-38/h4-12,14-37,46-47H,13H2,1-3H3. The van der Waals surface area contributed by atoms with E-state index >= 15 is 0 Å². The molecule has 0 N–H and O–H groups in total. The van der Waals surface area contributed by atoms with Crippen molar-refractivity contribution in [2.24, 2.45) is 29.6 Å². The first-order chi connectivity index (χ1) is 26.0. The molecule has 260 valence electrons. The van der Waals surface area contributed by atoms with Crippen LogP contribution in [0.2, 0.25) is 0 Å². The molecular formula is C51H46N2. The Morgan fingerprint density at radius 1 is 0.509 bits per heavy atom. The first kappa shape index (κ1) is 33.0.